The van der Waals surface area contributed by atoms with Crippen LogP contribution in [-0.4, -0.2) is 24.1 Å². The maximum absolute atomic E-state index is 11.5. The van der Waals surface area contributed by atoms with Gasteiger partial charge in [-0.1, -0.05) is 0 Å². The molecule has 1 atom stereocenters. The SMILES string of the molecule is COC(=O)C(NCc1cncs1)C1CC1. The summed E-state index contributed by atoms with van der Waals surface area (Å²) >= 11 is 1.59. The highest BCUT2D eigenvalue weighted by atomic mass is 32.1. The Labute approximate surface area is 92.7 Å². The zero-order chi connectivity index (χ0) is 10.7. The second-order valence-corrected chi connectivity index (χ2v) is 4.66. The number of aromatic nitrogens is 1. The fraction of sp³-hybridized carbons (Fsp3) is 0.600. The highest BCUT2D eigenvalue weighted by Crippen LogP contribution is 2.33. The van der Waals surface area contributed by atoms with Gasteiger partial charge in [0, 0.05) is 17.6 Å². The number of methoxy groups -OCH3 is 1. The minimum atomic E-state index is -0.151. The van der Waals surface area contributed by atoms with Crippen LogP contribution < -0.4 is 5.32 Å². The van der Waals surface area contributed by atoms with E-state index >= 15 is 0 Å². The van der Waals surface area contributed by atoms with Gasteiger partial charge in [0.05, 0.1) is 12.6 Å². The molecular formula is C10H14N2O2S. The fourth-order valence-electron chi connectivity index (χ4n) is 1.54. The lowest BCUT2D eigenvalue weighted by Gasteiger charge is -2.14. The van der Waals surface area contributed by atoms with Gasteiger partial charge in [-0.3, -0.25) is 15.1 Å². The molecule has 1 N–H and O–H groups in total. The first-order valence-electron chi connectivity index (χ1n) is 5.00. The van der Waals surface area contributed by atoms with Crippen LogP contribution in [0.4, 0.5) is 0 Å². The summed E-state index contributed by atoms with van der Waals surface area (Å²) in [4.78, 5) is 16.6. The fourth-order valence-corrected chi connectivity index (χ4v) is 2.08. The molecule has 0 radical (unpaired) electrons. The van der Waals surface area contributed by atoms with Gasteiger partial charge in [0.1, 0.15) is 6.04 Å². The molecule has 1 fully saturated rings. The van der Waals surface area contributed by atoms with Crippen LogP contribution >= 0.6 is 11.3 Å². The van der Waals surface area contributed by atoms with Crippen molar-refractivity contribution in [2.75, 3.05) is 7.11 Å². The zero-order valence-electron chi connectivity index (χ0n) is 8.60. The summed E-state index contributed by atoms with van der Waals surface area (Å²) in [6, 6.07) is -0.142. The van der Waals surface area contributed by atoms with E-state index in [1.54, 1.807) is 16.8 Å². The molecule has 1 aromatic rings. The zero-order valence-corrected chi connectivity index (χ0v) is 9.42. The van der Waals surface area contributed by atoms with E-state index in [0.29, 0.717) is 12.5 Å². The molecule has 0 spiro atoms. The van der Waals surface area contributed by atoms with Crippen molar-refractivity contribution in [1.29, 1.82) is 0 Å². The standard InChI is InChI=1S/C10H14N2O2S/c1-14-10(13)9(7-2-3-7)12-5-8-4-11-6-15-8/h4,6-7,9,12H,2-3,5H2,1H3. The third-order valence-corrected chi connectivity index (χ3v) is 3.31. The summed E-state index contributed by atoms with van der Waals surface area (Å²) in [6.07, 6.45) is 4.06. The predicted octanol–water partition coefficient (Wildman–Crippen LogP) is 1.18. The van der Waals surface area contributed by atoms with Crippen LogP contribution in [0.3, 0.4) is 0 Å². The van der Waals surface area contributed by atoms with Gasteiger partial charge < -0.3 is 4.74 Å². The van der Waals surface area contributed by atoms with E-state index in [9.17, 15) is 4.79 Å². The van der Waals surface area contributed by atoms with Gasteiger partial charge >= 0.3 is 5.97 Å². The lowest BCUT2D eigenvalue weighted by Crippen LogP contribution is -2.38. The van der Waals surface area contributed by atoms with Crippen molar-refractivity contribution < 1.29 is 9.53 Å². The molecule has 1 heterocycles. The third kappa shape index (κ3) is 2.76. The topological polar surface area (TPSA) is 51.2 Å². The molecule has 0 amide bonds. The van der Waals surface area contributed by atoms with Crippen LogP contribution in [0.1, 0.15) is 17.7 Å². The van der Waals surface area contributed by atoms with Gasteiger partial charge in [0.25, 0.3) is 0 Å². The summed E-state index contributed by atoms with van der Waals surface area (Å²) in [7, 11) is 1.44. The molecule has 1 saturated carbocycles. The molecule has 1 aliphatic rings. The molecule has 82 valence electrons. The van der Waals surface area contributed by atoms with Crippen LogP contribution in [0.25, 0.3) is 0 Å². The summed E-state index contributed by atoms with van der Waals surface area (Å²) in [6.45, 7) is 0.695. The Bertz CT molecular complexity index is 322. The Morgan fingerprint density at radius 2 is 2.60 bits per heavy atom. The largest absolute Gasteiger partial charge is 0.468 e. The van der Waals surface area contributed by atoms with Gasteiger partial charge in [-0.2, -0.15) is 0 Å². The molecule has 0 saturated heterocycles. The van der Waals surface area contributed by atoms with E-state index in [1.165, 1.54) is 7.11 Å². The smallest absolute Gasteiger partial charge is 0.323 e. The molecule has 0 bridgehead atoms. The van der Waals surface area contributed by atoms with Crippen molar-refractivity contribution in [2.24, 2.45) is 5.92 Å². The van der Waals surface area contributed by atoms with Gasteiger partial charge in [0.15, 0.2) is 0 Å². The van der Waals surface area contributed by atoms with Crippen molar-refractivity contribution >= 4 is 17.3 Å². The Kier molecular flexibility index (Phi) is 3.33. The number of carbonyl (C=O) groups excluding carboxylic acids is 1. The average molecular weight is 226 g/mol. The number of esters is 1. The minimum Gasteiger partial charge on any atom is -0.468 e. The van der Waals surface area contributed by atoms with Gasteiger partial charge in [-0.25, -0.2) is 0 Å². The van der Waals surface area contributed by atoms with Crippen molar-refractivity contribution in [3.63, 3.8) is 0 Å². The van der Waals surface area contributed by atoms with Crippen LogP contribution in [0, 0.1) is 5.92 Å². The Morgan fingerprint density at radius 1 is 1.80 bits per heavy atom. The van der Waals surface area contributed by atoms with E-state index in [-0.39, 0.29) is 12.0 Å². The van der Waals surface area contributed by atoms with Crippen LogP contribution in [-0.2, 0) is 16.1 Å². The number of hydrogen-bond donors (Lipinski definition) is 1. The van der Waals surface area contributed by atoms with E-state index < -0.39 is 0 Å². The van der Waals surface area contributed by atoms with Crippen molar-refractivity contribution in [1.82, 2.24) is 10.3 Å². The molecule has 4 nitrogen and oxygen atoms in total. The third-order valence-electron chi connectivity index (χ3n) is 2.53. The van der Waals surface area contributed by atoms with Crippen LogP contribution in [0.2, 0.25) is 0 Å². The monoisotopic (exact) mass is 226 g/mol. The van der Waals surface area contributed by atoms with Gasteiger partial charge in [0.2, 0.25) is 0 Å². The summed E-state index contributed by atoms with van der Waals surface area (Å²) in [5.41, 5.74) is 1.79. The highest BCUT2D eigenvalue weighted by molar-refractivity contribution is 7.09. The minimum absolute atomic E-state index is 0.142. The predicted molar refractivity (Wildman–Crippen MR) is 57.5 cm³/mol. The molecule has 0 aromatic carbocycles. The first-order chi connectivity index (χ1) is 7.31. The van der Waals surface area contributed by atoms with Crippen LogP contribution in [0.5, 0.6) is 0 Å². The first-order valence-corrected chi connectivity index (χ1v) is 5.88. The maximum atomic E-state index is 11.5. The summed E-state index contributed by atoms with van der Waals surface area (Å²) in [5.74, 6) is 0.312. The second kappa shape index (κ2) is 4.72. The number of rotatable bonds is 5. The average Bonchev–Trinajstić information content (AvgIpc) is 2.95. The molecule has 5 heteroatoms. The summed E-state index contributed by atoms with van der Waals surface area (Å²) in [5, 5.41) is 3.23. The number of hydrogen-bond acceptors (Lipinski definition) is 5. The number of nitrogens with zero attached hydrogens (tertiary/aromatic N) is 1. The van der Waals surface area contributed by atoms with E-state index in [4.69, 9.17) is 4.74 Å². The second-order valence-electron chi connectivity index (χ2n) is 3.69. The summed E-state index contributed by atoms with van der Waals surface area (Å²) < 4.78 is 4.77. The molecular weight excluding hydrogens is 212 g/mol. The normalized spacial score (nSPS) is 17.4. The van der Waals surface area contributed by atoms with E-state index in [0.717, 1.165) is 17.7 Å². The van der Waals surface area contributed by atoms with Gasteiger partial charge in [-0.05, 0) is 18.8 Å². The lowest BCUT2D eigenvalue weighted by molar-refractivity contribution is -0.143. The molecule has 0 aliphatic heterocycles. The first kappa shape index (κ1) is 10.6. The molecule has 2 rings (SSSR count). The van der Waals surface area contributed by atoms with E-state index in [1.807, 2.05) is 6.20 Å². The highest BCUT2D eigenvalue weighted by Gasteiger charge is 2.36. The molecule has 1 unspecified atom stereocenters. The Hall–Kier alpha value is -0.940. The van der Waals surface area contributed by atoms with Crippen LogP contribution in [0.15, 0.2) is 11.7 Å². The molecule has 1 aliphatic carbocycles. The number of thiazole rings is 1. The molecule has 1 aromatic heterocycles. The Balaban J connectivity index is 1.87. The quantitative estimate of drug-likeness (QED) is 0.766. The Morgan fingerprint density at radius 3 is 3.13 bits per heavy atom. The lowest BCUT2D eigenvalue weighted by atomic mass is 10.2. The number of carbonyl (C=O) groups is 1. The number of ether oxygens (including phenoxy) is 1. The van der Waals surface area contributed by atoms with Crippen molar-refractivity contribution in [3.05, 3.63) is 16.6 Å². The van der Waals surface area contributed by atoms with Crippen molar-refractivity contribution in [2.45, 2.75) is 25.4 Å². The molecule has 15 heavy (non-hydrogen) atoms. The van der Waals surface area contributed by atoms with Gasteiger partial charge in [-0.15, -0.1) is 11.3 Å². The maximum Gasteiger partial charge on any atom is 0.323 e. The van der Waals surface area contributed by atoms with E-state index in [2.05, 4.69) is 10.3 Å². The number of nitrogens with one attached hydrogen (secondary N) is 1. The van der Waals surface area contributed by atoms with Crippen molar-refractivity contribution in [3.8, 4) is 0 Å².